The summed E-state index contributed by atoms with van der Waals surface area (Å²) < 4.78 is 4.88. The summed E-state index contributed by atoms with van der Waals surface area (Å²) in [5.41, 5.74) is 6.84. The minimum absolute atomic E-state index is 0.0397. The predicted octanol–water partition coefficient (Wildman–Crippen LogP) is 2.75. The molecule has 3 N–H and O–H groups in total. The molecule has 0 atom stereocenters. The largest absolute Gasteiger partial charge is 0.457 e. The standard InChI is InChI=1S/C21H18N4O4S2/c1-12(23)14(7-22)16(26)8-29-18(27)11-30-10-17-24-20(28)19-15(9-31-21(19)25-17)13-5-3-2-4-6-13/h2-6,9H,8,10-11,23H2,1H3,(H,24,25,28)/b14-12-. The van der Waals surface area contributed by atoms with Gasteiger partial charge in [0.2, 0.25) is 5.78 Å². The van der Waals surface area contributed by atoms with E-state index in [0.717, 1.165) is 11.1 Å². The fourth-order valence-corrected chi connectivity index (χ4v) is 4.40. The van der Waals surface area contributed by atoms with Crippen molar-refractivity contribution in [3.05, 3.63) is 63.2 Å². The van der Waals surface area contributed by atoms with Gasteiger partial charge in [-0.15, -0.1) is 23.1 Å². The quantitative estimate of drug-likeness (QED) is 0.301. The lowest BCUT2D eigenvalue weighted by atomic mass is 10.1. The number of thiophene rings is 1. The molecule has 158 valence electrons. The van der Waals surface area contributed by atoms with Gasteiger partial charge in [-0.3, -0.25) is 14.4 Å². The Hall–Kier alpha value is -3.42. The lowest BCUT2D eigenvalue weighted by Gasteiger charge is -2.05. The van der Waals surface area contributed by atoms with E-state index in [9.17, 15) is 14.4 Å². The van der Waals surface area contributed by atoms with Crippen LogP contribution >= 0.6 is 23.1 Å². The minimum Gasteiger partial charge on any atom is -0.457 e. The number of allylic oxidation sites excluding steroid dienone is 1. The second-order valence-corrected chi connectivity index (χ2v) is 8.30. The van der Waals surface area contributed by atoms with Crippen LogP contribution in [-0.4, -0.2) is 34.1 Å². The van der Waals surface area contributed by atoms with Crippen LogP contribution in [0.3, 0.4) is 0 Å². The first-order valence-electron chi connectivity index (χ1n) is 9.09. The predicted molar refractivity (Wildman–Crippen MR) is 120 cm³/mol. The zero-order valence-electron chi connectivity index (χ0n) is 16.5. The Labute approximate surface area is 185 Å². The zero-order chi connectivity index (χ0) is 22.4. The van der Waals surface area contributed by atoms with Crippen molar-refractivity contribution in [1.29, 1.82) is 5.26 Å². The first-order valence-corrected chi connectivity index (χ1v) is 11.1. The first-order chi connectivity index (χ1) is 14.9. The molecule has 31 heavy (non-hydrogen) atoms. The van der Waals surface area contributed by atoms with Gasteiger partial charge in [0.15, 0.2) is 6.61 Å². The van der Waals surface area contributed by atoms with Gasteiger partial charge in [-0.1, -0.05) is 30.3 Å². The molecule has 0 amide bonds. The number of hydrogen-bond acceptors (Lipinski definition) is 9. The molecule has 10 heteroatoms. The number of H-pyrrole nitrogens is 1. The van der Waals surface area contributed by atoms with Crippen LogP contribution in [0.1, 0.15) is 12.7 Å². The van der Waals surface area contributed by atoms with Crippen LogP contribution in [0.15, 0.2) is 51.8 Å². The summed E-state index contributed by atoms with van der Waals surface area (Å²) in [6.07, 6.45) is 0. The summed E-state index contributed by atoms with van der Waals surface area (Å²) in [5.74, 6) is -0.568. The maximum atomic E-state index is 12.6. The third kappa shape index (κ3) is 5.39. The van der Waals surface area contributed by atoms with Crippen molar-refractivity contribution < 1.29 is 14.3 Å². The first kappa shape index (κ1) is 22.3. The Morgan fingerprint density at radius 3 is 2.74 bits per heavy atom. The molecular formula is C21H18N4O4S2. The smallest absolute Gasteiger partial charge is 0.316 e. The number of benzene rings is 1. The maximum absolute atomic E-state index is 12.6. The number of fused-ring (bicyclic) bond motifs is 1. The number of aromatic amines is 1. The molecule has 0 aliphatic heterocycles. The Balaban J connectivity index is 1.59. The van der Waals surface area contributed by atoms with E-state index in [-0.39, 0.29) is 28.3 Å². The van der Waals surface area contributed by atoms with Crippen LogP contribution in [0, 0.1) is 11.3 Å². The van der Waals surface area contributed by atoms with Crippen molar-refractivity contribution in [1.82, 2.24) is 9.97 Å². The number of Topliss-reactive ketones (excluding diaryl/α,β-unsaturated/α-hetero) is 1. The fourth-order valence-electron chi connectivity index (χ4n) is 2.75. The summed E-state index contributed by atoms with van der Waals surface area (Å²) in [5, 5.41) is 11.3. The van der Waals surface area contributed by atoms with Crippen LogP contribution in [-0.2, 0) is 20.1 Å². The van der Waals surface area contributed by atoms with Crippen LogP contribution in [0.4, 0.5) is 0 Å². The van der Waals surface area contributed by atoms with Gasteiger partial charge in [-0.25, -0.2) is 4.98 Å². The fraction of sp³-hybridized carbons (Fsp3) is 0.190. The molecule has 8 nitrogen and oxygen atoms in total. The summed E-state index contributed by atoms with van der Waals surface area (Å²) >= 11 is 2.58. The van der Waals surface area contributed by atoms with Crippen molar-refractivity contribution in [2.45, 2.75) is 12.7 Å². The summed E-state index contributed by atoms with van der Waals surface area (Å²) in [4.78, 5) is 44.1. The molecule has 0 aliphatic carbocycles. The second-order valence-electron chi connectivity index (χ2n) is 6.45. The SMILES string of the molecule is C/C(N)=C(\C#N)C(=O)COC(=O)CSCc1nc2scc(-c3ccccc3)c2c(=O)[nH]1. The Morgan fingerprint density at radius 2 is 2.06 bits per heavy atom. The number of carbonyl (C=O) groups is 2. The number of nitrogens with two attached hydrogens (primary N) is 1. The van der Waals surface area contributed by atoms with E-state index in [1.165, 1.54) is 30.0 Å². The van der Waals surface area contributed by atoms with E-state index < -0.39 is 18.4 Å². The Kier molecular flexibility index (Phi) is 7.23. The average molecular weight is 455 g/mol. The molecule has 3 rings (SSSR count). The van der Waals surface area contributed by atoms with E-state index in [4.69, 9.17) is 15.7 Å². The number of ketones is 1. The number of hydrogen-bond donors (Lipinski definition) is 2. The van der Waals surface area contributed by atoms with Crippen molar-refractivity contribution in [3.8, 4) is 17.2 Å². The van der Waals surface area contributed by atoms with E-state index in [2.05, 4.69) is 9.97 Å². The van der Waals surface area contributed by atoms with E-state index in [1.807, 2.05) is 35.7 Å². The van der Waals surface area contributed by atoms with Gasteiger partial charge in [0.25, 0.3) is 5.56 Å². The highest BCUT2D eigenvalue weighted by Crippen LogP contribution is 2.30. The van der Waals surface area contributed by atoms with Crippen molar-refractivity contribution in [2.24, 2.45) is 5.73 Å². The normalized spacial score (nSPS) is 11.6. The number of nitrogens with zero attached hydrogens (tertiary/aromatic N) is 2. The van der Waals surface area contributed by atoms with Crippen LogP contribution in [0.5, 0.6) is 0 Å². The van der Waals surface area contributed by atoms with Gasteiger partial charge in [0.1, 0.15) is 22.3 Å². The van der Waals surface area contributed by atoms with Gasteiger partial charge in [0, 0.05) is 16.6 Å². The van der Waals surface area contributed by atoms with Crippen LogP contribution in [0.2, 0.25) is 0 Å². The molecule has 0 radical (unpaired) electrons. The third-order valence-corrected chi connectivity index (χ3v) is 5.98. The van der Waals surface area contributed by atoms with Crippen molar-refractivity contribution in [3.63, 3.8) is 0 Å². The number of esters is 1. The summed E-state index contributed by atoms with van der Waals surface area (Å²) in [6, 6.07) is 11.3. The molecule has 1 aromatic carbocycles. The van der Waals surface area contributed by atoms with Crippen molar-refractivity contribution >= 4 is 45.1 Å². The van der Waals surface area contributed by atoms with Crippen LogP contribution in [0.25, 0.3) is 21.3 Å². The Morgan fingerprint density at radius 1 is 1.32 bits per heavy atom. The lowest BCUT2D eigenvalue weighted by molar-refractivity contribution is -0.144. The number of thioether (sulfide) groups is 1. The maximum Gasteiger partial charge on any atom is 0.316 e. The topological polar surface area (TPSA) is 139 Å². The van der Waals surface area contributed by atoms with Gasteiger partial charge < -0.3 is 15.5 Å². The molecule has 2 aromatic heterocycles. The number of rotatable bonds is 8. The molecule has 0 aliphatic rings. The monoisotopic (exact) mass is 454 g/mol. The second kappa shape index (κ2) is 10.1. The number of nitriles is 1. The molecule has 2 heterocycles. The highest BCUT2D eigenvalue weighted by Gasteiger charge is 2.15. The van der Waals surface area contributed by atoms with Gasteiger partial charge >= 0.3 is 5.97 Å². The highest BCUT2D eigenvalue weighted by molar-refractivity contribution is 7.99. The summed E-state index contributed by atoms with van der Waals surface area (Å²) in [6.45, 7) is 0.879. The highest BCUT2D eigenvalue weighted by atomic mass is 32.2. The Bertz CT molecular complexity index is 1250. The lowest BCUT2D eigenvalue weighted by Crippen LogP contribution is -2.18. The van der Waals surface area contributed by atoms with Gasteiger partial charge in [-0.05, 0) is 12.5 Å². The molecule has 0 bridgehead atoms. The van der Waals surface area contributed by atoms with Crippen LogP contribution < -0.4 is 11.3 Å². The van der Waals surface area contributed by atoms with E-state index >= 15 is 0 Å². The van der Waals surface area contributed by atoms with Gasteiger partial charge in [0.05, 0.1) is 16.9 Å². The molecule has 0 fully saturated rings. The molecule has 0 saturated heterocycles. The molecule has 0 unspecified atom stereocenters. The molecule has 0 saturated carbocycles. The average Bonchev–Trinajstić information content (AvgIpc) is 3.18. The molecule has 3 aromatic rings. The third-order valence-electron chi connectivity index (χ3n) is 4.19. The zero-order valence-corrected chi connectivity index (χ0v) is 18.1. The number of ether oxygens (including phenoxy) is 1. The minimum atomic E-state index is -0.649. The number of aromatic nitrogens is 2. The number of nitrogens with one attached hydrogen (secondary N) is 1. The van der Waals surface area contributed by atoms with Gasteiger partial charge in [-0.2, -0.15) is 5.26 Å². The molecular weight excluding hydrogens is 436 g/mol. The summed E-state index contributed by atoms with van der Waals surface area (Å²) in [7, 11) is 0. The number of carbonyl (C=O) groups excluding carboxylic acids is 2. The van der Waals surface area contributed by atoms with E-state index in [1.54, 1.807) is 6.07 Å². The van der Waals surface area contributed by atoms with Crippen molar-refractivity contribution in [2.75, 3.05) is 12.4 Å². The van der Waals surface area contributed by atoms with E-state index in [0.29, 0.717) is 16.0 Å². The molecule has 0 spiro atoms.